The average Bonchev–Trinajstić information content (AvgIpc) is 3.39. The van der Waals surface area contributed by atoms with Crippen LogP contribution in [0.1, 0.15) is 28.5 Å². The quantitative estimate of drug-likeness (QED) is 0.346. The van der Waals surface area contributed by atoms with Crippen molar-refractivity contribution in [2.75, 3.05) is 16.8 Å². The first kappa shape index (κ1) is 21.3. The van der Waals surface area contributed by atoms with Crippen LogP contribution in [0, 0.1) is 17.0 Å². The molecule has 1 aliphatic heterocycles. The van der Waals surface area contributed by atoms with Gasteiger partial charge in [0.15, 0.2) is 0 Å². The molecule has 0 saturated carbocycles. The van der Waals surface area contributed by atoms with Crippen LogP contribution in [-0.2, 0) is 9.59 Å². The molecular formula is C22H19N5O4S. The first-order chi connectivity index (χ1) is 15.4. The van der Waals surface area contributed by atoms with Gasteiger partial charge in [-0.25, -0.2) is 0 Å². The summed E-state index contributed by atoms with van der Waals surface area (Å²) in [6, 6.07) is 13.7. The topological polar surface area (TPSA) is 118 Å². The third-order valence-corrected chi connectivity index (χ3v) is 6.02. The Bertz CT molecular complexity index is 1190. The van der Waals surface area contributed by atoms with Crippen molar-refractivity contribution in [3.63, 3.8) is 0 Å². The number of nitrogens with one attached hydrogen (secondary N) is 1. The second-order valence-electron chi connectivity index (χ2n) is 7.36. The molecule has 0 bridgehead atoms. The third kappa shape index (κ3) is 4.86. The van der Waals surface area contributed by atoms with Gasteiger partial charge >= 0.3 is 0 Å². The number of carbonyl (C=O) groups is 2. The Kier molecular flexibility index (Phi) is 6.04. The van der Waals surface area contributed by atoms with Crippen LogP contribution < -0.4 is 10.2 Å². The fraction of sp³-hybridized carbons (Fsp3) is 0.182. The van der Waals surface area contributed by atoms with E-state index in [0.717, 1.165) is 11.3 Å². The van der Waals surface area contributed by atoms with Crippen molar-refractivity contribution in [1.82, 2.24) is 10.2 Å². The van der Waals surface area contributed by atoms with Crippen molar-refractivity contribution >= 4 is 45.7 Å². The fourth-order valence-corrected chi connectivity index (χ4v) is 4.16. The zero-order chi connectivity index (χ0) is 22.7. The molecule has 1 aliphatic rings. The molecule has 10 heteroatoms. The largest absolute Gasteiger partial charge is 0.312 e. The lowest BCUT2D eigenvalue weighted by Crippen LogP contribution is -2.24. The lowest BCUT2D eigenvalue weighted by molar-refractivity contribution is -0.384. The van der Waals surface area contributed by atoms with Gasteiger partial charge < -0.3 is 4.90 Å². The molecule has 1 saturated heterocycles. The third-order valence-electron chi connectivity index (χ3n) is 5.02. The second kappa shape index (κ2) is 9.06. The molecule has 9 nitrogen and oxygen atoms in total. The highest BCUT2D eigenvalue weighted by molar-refractivity contribution is 7.15. The van der Waals surface area contributed by atoms with Crippen LogP contribution in [0.3, 0.4) is 0 Å². The van der Waals surface area contributed by atoms with E-state index in [1.807, 2.05) is 31.2 Å². The Morgan fingerprint density at radius 3 is 2.59 bits per heavy atom. The minimum absolute atomic E-state index is 0.0145. The number of aryl methyl sites for hydroxylation is 1. The zero-order valence-corrected chi connectivity index (χ0v) is 17.9. The predicted octanol–water partition coefficient (Wildman–Crippen LogP) is 3.93. The highest BCUT2D eigenvalue weighted by Gasteiger charge is 2.33. The number of nitro groups is 1. The number of hydrogen-bond acceptors (Lipinski definition) is 7. The Labute approximate surface area is 187 Å². The van der Waals surface area contributed by atoms with E-state index in [1.165, 1.54) is 29.5 Å². The molecule has 3 aromatic rings. The van der Waals surface area contributed by atoms with Crippen molar-refractivity contribution in [3.05, 3.63) is 80.9 Å². The minimum Gasteiger partial charge on any atom is -0.312 e. The Balaban J connectivity index is 1.36. The summed E-state index contributed by atoms with van der Waals surface area (Å²) >= 11 is 1.25. The summed E-state index contributed by atoms with van der Waals surface area (Å²) in [6.07, 6.45) is 3.22. The number of hydrogen-bond donors (Lipinski definition) is 1. The lowest BCUT2D eigenvalue weighted by atomic mass is 10.1. The Hall–Kier alpha value is -3.92. The maximum Gasteiger partial charge on any atom is 0.269 e. The van der Waals surface area contributed by atoms with Crippen LogP contribution in [0.2, 0.25) is 0 Å². The normalized spacial score (nSPS) is 16.0. The van der Waals surface area contributed by atoms with Gasteiger partial charge in [0.2, 0.25) is 16.9 Å². The van der Waals surface area contributed by atoms with Gasteiger partial charge in [-0.2, -0.15) is 0 Å². The van der Waals surface area contributed by atoms with Crippen LogP contribution in [0.4, 0.5) is 16.5 Å². The number of carbonyl (C=O) groups excluding carboxylic acids is 2. The van der Waals surface area contributed by atoms with E-state index in [0.29, 0.717) is 28.7 Å². The molecule has 0 spiro atoms. The molecule has 1 atom stereocenters. The van der Waals surface area contributed by atoms with E-state index in [-0.39, 0.29) is 17.5 Å². The first-order valence-electron chi connectivity index (χ1n) is 9.83. The van der Waals surface area contributed by atoms with E-state index in [2.05, 4.69) is 15.5 Å². The Morgan fingerprint density at radius 2 is 1.91 bits per heavy atom. The summed E-state index contributed by atoms with van der Waals surface area (Å²) in [5, 5.41) is 22.6. The van der Waals surface area contributed by atoms with Crippen molar-refractivity contribution in [2.24, 2.45) is 0 Å². The molecule has 2 aromatic carbocycles. The van der Waals surface area contributed by atoms with Gasteiger partial charge in [-0.1, -0.05) is 29.0 Å². The number of benzene rings is 2. The lowest BCUT2D eigenvalue weighted by Gasteiger charge is -2.16. The predicted molar refractivity (Wildman–Crippen MR) is 122 cm³/mol. The van der Waals surface area contributed by atoms with E-state index >= 15 is 0 Å². The van der Waals surface area contributed by atoms with E-state index < -0.39 is 10.8 Å². The van der Waals surface area contributed by atoms with Crippen molar-refractivity contribution in [2.45, 2.75) is 19.3 Å². The van der Waals surface area contributed by atoms with Crippen LogP contribution in [0.15, 0.2) is 54.6 Å². The number of rotatable bonds is 6. The SMILES string of the molecule is Cc1ccc(N2CC(c3nnc(NC(=O)/C=C/c4ccc([N+](=O)[O-])cc4)s3)CC2=O)cc1. The molecule has 1 fully saturated rings. The molecule has 1 aromatic heterocycles. The van der Waals surface area contributed by atoms with Crippen molar-refractivity contribution in [1.29, 1.82) is 0 Å². The van der Waals surface area contributed by atoms with Gasteiger partial charge in [0.1, 0.15) is 5.01 Å². The van der Waals surface area contributed by atoms with Crippen molar-refractivity contribution in [3.8, 4) is 0 Å². The van der Waals surface area contributed by atoms with Gasteiger partial charge in [-0.3, -0.25) is 25.0 Å². The minimum atomic E-state index is -0.481. The molecule has 32 heavy (non-hydrogen) atoms. The molecule has 2 heterocycles. The summed E-state index contributed by atoms with van der Waals surface area (Å²) in [6.45, 7) is 2.51. The summed E-state index contributed by atoms with van der Waals surface area (Å²) in [4.78, 5) is 36.6. The number of nitrogens with zero attached hydrogens (tertiary/aromatic N) is 4. The maximum atomic E-state index is 12.5. The summed E-state index contributed by atoms with van der Waals surface area (Å²) in [7, 11) is 0. The van der Waals surface area contributed by atoms with E-state index in [9.17, 15) is 19.7 Å². The summed E-state index contributed by atoms with van der Waals surface area (Å²) in [5.41, 5.74) is 2.63. The molecule has 162 valence electrons. The molecule has 1 unspecified atom stereocenters. The van der Waals surface area contributed by atoms with Gasteiger partial charge in [0, 0.05) is 42.8 Å². The highest BCUT2D eigenvalue weighted by atomic mass is 32.1. The molecule has 2 amide bonds. The molecule has 1 N–H and O–H groups in total. The number of nitro benzene ring substituents is 1. The molecule has 4 rings (SSSR count). The first-order valence-corrected chi connectivity index (χ1v) is 10.6. The second-order valence-corrected chi connectivity index (χ2v) is 8.37. The number of aromatic nitrogens is 2. The molecular weight excluding hydrogens is 430 g/mol. The number of amides is 2. The van der Waals surface area contributed by atoms with Gasteiger partial charge in [-0.15, -0.1) is 10.2 Å². The van der Waals surface area contributed by atoms with Gasteiger partial charge in [0.25, 0.3) is 5.69 Å². The molecule has 0 aliphatic carbocycles. The number of anilines is 2. The smallest absolute Gasteiger partial charge is 0.269 e. The fourth-order valence-electron chi connectivity index (χ4n) is 3.32. The van der Waals surface area contributed by atoms with Crippen molar-refractivity contribution < 1.29 is 14.5 Å². The van der Waals surface area contributed by atoms with Crippen LogP contribution in [-0.4, -0.2) is 33.5 Å². The summed E-state index contributed by atoms with van der Waals surface area (Å²) in [5.74, 6) is -0.442. The summed E-state index contributed by atoms with van der Waals surface area (Å²) < 4.78 is 0. The Morgan fingerprint density at radius 1 is 1.19 bits per heavy atom. The van der Waals surface area contributed by atoms with Crippen LogP contribution in [0.25, 0.3) is 6.08 Å². The van der Waals surface area contributed by atoms with Gasteiger partial charge in [0.05, 0.1) is 4.92 Å². The van der Waals surface area contributed by atoms with Crippen LogP contribution >= 0.6 is 11.3 Å². The average molecular weight is 449 g/mol. The van der Waals surface area contributed by atoms with E-state index in [4.69, 9.17) is 0 Å². The standard InChI is InChI=1S/C22H19N5O4S/c1-14-2-7-17(8-3-14)26-13-16(12-20(26)29)21-24-25-22(32-21)23-19(28)11-6-15-4-9-18(10-5-15)27(30)31/h2-11,16H,12-13H2,1H3,(H,23,25,28)/b11-6+. The monoisotopic (exact) mass is 449 g/mol. The maximum absolute atomic E-state index is 12.5. The number of non-ortho nitro benzene ring substituents is 1. The zero-order valence-electron chi connectivity index (χ0n) is 17.1. The molecule has 0 radical (unpaired) electrons. The van der Waals surface area contributed by atoms with E-state index in [1.54, 1.807) is 23.1 Å². The highest BCUT2D eigenvalue weighted by Crippen LogP contribution is 2.34. The van der Waals surface area contributed by atoms with Crippen LogP contribution in [0.5, 0.6) is 0 Å². The van der Waals surface area contributed by atoms with Gasteiger partial charge in [-0.05, 0) is 42.8 Å².